The standard InChI is InChI=1S/C21H19ClN4O3/c1-13-11-15(5-8-18(13)22)26-21(28)25-14-3-6-16(7-4-14)29-17-9-10-24-19(12-17)20(27)23-2/h3-12H,1-2H3,(H,23,27)(H2,25,26,28)/i2D3. The van der Waals surface area contributed by atoms with Gasteiger partial charge in [0, 0.05) is 39.7 Å². The number of halogens is 1. The number of carbonyl (C=O) groups is 2. The molecule has 7 nitrogen and oxygen atoms in total. The first-order chi connectivity index (χ1) is 15.1. The Hall–Kier alpha value is -3.58. The van der Waals surface area contributed by atoms with E-state index in [1.54, 1.807) is 42.5 Å². The number of anilines is 2. The highest BCUT2D eigenvalue weighted by molar-refractivity contribution is 6.31. The topological polar surface area (TPSA) is 92.4 Å². The molecule has 0 spiro atoms. The largest absolute Gasteiger partial charge is 0.457 e. The predicted octanol–water partition coefficient (Wildman–Crippen LogP) is 4.84. The average Bonchev–Trinajstić information content (AvgIpc) is 2.71. The highest BCUT2D eigenvalue weighted by Gasteiger charge is 2.08. The summed E-state index contributed by atoms with van der Waals surface area (Å²) < 4.78 is 27.0. The van der Waals surface area contributed by atoms with Crippen LogP contribution in [0.4, 0.5) is 16.2 Å². The maximum absolute atomic E-state index is 12.2. The molecule has 3 rings (SSSR count). The van der Waals surface area contributed by atoms with Crippen LogP contribution in [0.25, 0.3) is 0 Å². The van der Waals surface area contributed by atoms with Gasteiger partial charge in [0.05, 0.1) is 0 Å². The number of amides is 3. The minimum absolute atomic E-state index is 0.0916. The molecular formula is C21H19ClN4O3. The molecule has 2 aromatic carbocycles. The van der Waals surface area contributed by atoms with Gasteiger partial charge in [0.1, 0.15) is 17.2 Å². The van der Waals surface area contributed by atoms with Gasteiger partial charge in [-0.2, -0.15) is 0 Å². The van der Waals surface area contributed by atoms with Gasteiger partial charge in [0.25, 0.3) is 5.91 Å². The molecule has 1 aromatic heterocycles. The van der Waals surface area contributed by atoms with Gasteiger partial charge in [-0.15, -0.1) is 0 Å². The number of hydrogen-bond donors (Lipinski definition) is 3. The summed E-state index contributed by atoms with van der Waals surface area (Å²) in [5.41, 5.74) is 1.90. The van der Waals surface area contributed by atoms with E-state index in [0.717, 1.165) is 5.56 Å². The molecule has 0 saturated heterocycles. The summed E-state index contributed by atoms with van der Waals surface area (Å²) in [6, 6.07) is 14.2. The van der Waals surface area contributed by atoms with E-state index >= 15 is 0 Å². The molecule has 29 heavy (non-hydrogen) atoms. The Morgan fingerprint density at radius 2 is 1.72 bits per heavy atom. The molecule has 0 aliphatic carbocycles. The molecule has 0 aliphatic rings. The number of aromatic nitrogens is 1. The number of carbonyl (C=O) groups excluding carboxylic acids is 2. The van der Waals surface area contributed by atoms with Gasteiger partial charge in [-0.25, -0.2) is 4.79 Å². The zero-order valence-electron chi connectivity index (χ0n) is 18.3. The Kier molecular flexibility index (Phi) is 5.13. The van der Waals surface area contributed by atoms with Crippen LogP contribution in [0.1, 0.15) is 20.2 Å². The second kappa shape index (κ2) is 9.07. The van der Waals surface area contributed by atoms with Crippen LogP contribution >= 0.6 is 11.6 Å². The molecule has 0 bridgehead atoms. The molecule has 0 radical (unpaired) electrons. The first-order valence-corrected chi connectivity index (χ1v) is 8.87. The van der Waals surface area contributed by atoms with Crippen LogP contribution in [0, 0.1) is 6.92 Å². The Balaban J connectivity index is 1.60. The van der Waals surface area contributed by atoms with Gasteiger partial charge in [0.2, 0.25) is 0 Å². The summed E-state index contributed by atoms with van der Waals surface area (Å²) in [4.78, 5) is 28.0. The first-order valence-electron chi connectivity index (χ1n) is 10.00. The fourth-order valence-electron chi connectivity index (χ4n) is 2.42. The lowest BCUT2D eigenvalue weighted by atomic mass is 10.2. The summed E-state index contributed by atoms with van der Waals surface area (Å²) in [7, 11) is 0. The number of nitrogens with one attached hydrogen (secondary N) is 3. The van der Waals surface area contributed by atoms with Crippen LogP contribution in [0.2, 0.25) is 5.02 Å². The Morgan fingerprint density at radius 1 is 1.00 bits per heavy atom. The Morgan fingerprint density at radius 3 is 2.45 bits per heavy atom. The number of benzene rings is 2. The summed E-state index contributed by atoms with van der Waals surface area (Å²) >= 11 is 5.98. The molecule has 1 heterocycles. The molecule has 8 heteroatoms. The van der Waals surface area contributed by atoms with Crippen molar-refractivity contribution in [3.63, 3.8) is 0 Å². The van der Waals surface area contributed by atoms with Crippen molar-refractivity contribution in [2.75, 3.05) is 17.6 Å². The summed E-state index contributed by atoms with van der Waals surface area (Å²) in [5, 5.41) is 7.91. The molecule has 3 amide bonds. The van der Waals surface area contributed by atoms with E-state index < -0.39 is 18.9 Å². The number of aryl methyl sites for hydroxylation is 1. The van der Waals surface area contributed by atoms with E-state index in [1.807, 2.05) is 12.2 Å². The molecule has 0 atom stereocenters. The smallest absolute Gasteiger partial charge is 0.323 e. The van der Waals surface area contributed by atoms with Gasteiger partial charge in [0.15, 0.2) is 0 Å². The highest BCUT2D eigenvalue weighted by atomic mass is 35.5. The number of pyridine rings is 1. The van der Waals surface area contributed by atoms with Gasteiger partial charge in [-0.05, 0) is 61.0 Å². The second-order valence-corrected chi connectivity index (χ2v) is 6.41. The highest BCUT2D eigenvalue weighted by Crippen LogP contribution is 2.24. The third kappa shape index (κ3) is 5.46. The van der Waals surface area contributed by atoms with E-state index in [2.05, 4.69) is 15.6 Å². The minimum Gasteiger partial charge on any atom is -0.457 e. The van der Waals surface area contributed by atoms with Crippen LogP contribution < -0.4 is 20.7 Å². The predicted molar refractivity (Wildman–Crippen MR) is 113 cm³/mol. The van der Waals surface area contributed by atoms with E-state index in [1.165, 1.54) is 18.3 Å². The van der Waals surface area contributed by atoms with Crippen molar-refractivity contribution < 1.29 is 18.4 Å². The first kappa shape index (κ1) is 16.4. The summed E-state index contributed by atoms with van der Waals surface area (Å²) in [6.45, 7) is -0.771. The van der Waals surface area contributed by atoms with Crippen molar-refractivity contribution in [3.05, 3.63) is 77.1 Å². The van der Waals surface area contributed by atoms with Gasteiger partial charge >= 0.3 is 6.03 Å². The molecule has 0 saturated carbocycles. The van der Waals surface area contributed by atoms with Crippen LogP contribution in [-0.4, -0.2) is 23.9 Å². The molecule has 148 valence electrons. The monoisotopic (exact) mass is 413 g/mol. The molecular weight excluding hydrogens is 392 g/mol. The number of ether oxygens (including phenoxy) is 1. The number of hydrogen-bond acceptors (Lipinski definition) is 4. The van der Waals surface area contributed by atoms with Crippen LogP contribution in [0.3, 0.4) is 0 Å². The summed E-state index contributed by atoms with van der Waals surface area (Å²) in [6.07, 6.45) is 1.34. The average molecular weight is 414 g/mol. The maximum Gasteiger partial charge on any atom is 0.323 e. The number of urea groups is 1. The van der Waals surface area contributed by atoms with Crippen molar-refractivity contribution in [1.29, 1.82) is 0 Å². The fourth-order valence-corrected chi connectivity index (χ4v) is 2.54. The quantitative estimate of drug-likeness (QED) is 0.558. The van der Waals surface area contributed by atoms with E-state index in [4.69, 9.17) is 20.5 Å². The Labute approximate surface area is 177 Å². The number of rotatable bonds is 5. The third-order valence-corrected chi connectivity index (χ3v) is 4.27. The fraction of sp³-hybridized carbons (Fsp3) is 0.0952. The molecule has 3 N–H and O–H groups in total. The van der Waals surface area contributed by atoms with Crippen LogP contribution in [-0.2, 0) is 0 Å². The lowest BCUT2D eigenvalue weighted by Gasteiger charge is -2.10. The van der Waals surface area contributed by atoms with E-state index in [0.29, 0.717) is 27.9 Å². The summed E-state index contributed by atoms with van der Waals surface area (Å²) in [5.74, 6) is -0.0955. The van der Waals surface area contributed by atoms with Gasteiger partial charge in [-0.3, -0.25) is 9.78 Å². The van der Waals surface area contributed by atoms with E-state index in [9.17, 15) is 9.59 Å². The SMILES string of the molecule is [2H]C([2H])([2H])NC(=O)c1cc(Oc2ccc(NC(=O)Nc3ccc(Cl)c(C)c3)cc2)ccn1. The van der Waals surface area contributed by atoms with Gasteiger partial charge < -0.3 is 20.7 Å². The second-order valence-electron chi connectivity index (χ2n) is 6.00. The van der Waals surface area contributed by atoms with Crippen molar-refractivity contribution in [2.24, 2.45) is 0 Å². The lowest BCUT2D eigenvalue weighted by Crippen LogP contribution is -2.19. The van der Waals surface area contributed by atoms with Crippen LogP contribution in [0.15, 0.2) is 60.8 Å². The molecule has 0 unspecified atom stereocenters. The molecule has 0 aliphatic heterocycles. The lowest BCUT2D eigenvalue weighted by molar-refractivity contribution is 0.0958. The van der Waals surface area contributed by atoms with Crippen molar-refractivity contribution in [3.8, 4) is 11.5 Å². The minimum atomic E-state index is -2.61. The number of nitrogens with zero attached hydrogens (tertiary/aromatic N) is 1. The molecule has 0 fully saturated rings. The van der Waals surface area contributed by atoms with E-state index in [-0.39, 0.29) is 5.69 Å². The molecule has 3 aromatic rings. The van der Waals surface area contributed by atoms with Crippen molar-refractivity contribution >= 4 is 34.9 Å². The van der Waals surface area contributed by atoms with Crippen molar-refractivity contribution in [2.45, 2.75) is 6.92 Å². The zero-order chi connectivity index (χ0) is 23.3. The third-order valence-electron chi connectivity index (χ3n) is 3.84. The van der Waals surface area contributed by atoms with Gasteiger partial charge in [-0.1, -0.05) is 11.6 Å². The normalized spacial score (nSPS) is 12.1. The zero-order valence-corrected chi connectivity index (χ0v) is 16.1. The van der Waals surface area contributed by atoms with Crippen LogP contribution in [0.5, 0.6) is 11.5 Å². The van der Waals surface area contributed by atoms with Crippen molar-refractivity contribution in [1.82, 2.24) is 10.3 Å². The Bertz CT molecular complexity index is 1140. The maximum atomic E-state index is 12.2.